The SMILES string of the molecule is CN(C)C.CP(C)(C)=O. The van der Waals surface area contributed by atoms with Crippen LogP contribution in [-0.4, -0.2) is 46.0 Å². The van der Waals surface area contributed by atoms with Crippen LogP contribution < -0.4 is 0 Å². The molecular weight excluding hydrogens is 133 g/mol. The minimum Gasteiger partial charge on any atom is -0.324 e. The molecule has 0 bridgehead atoms. The molecule has 0 heterocycles. The smallest absolute Gasteiger partial charge is 0.0790 e. The molecule has 0 spiro atoms. The summed E-state index contributed by atoms with van der Waals surface area (Å²) < 4.78 is 10.2. The Balaban J connectivity index is 0. The Kier molecular flexibility index (Phi) is 6.64. The van der Waals surface area contributed by atoms with Gasteiger partial charge in [-0.2, -0.15) is 0 Å². The monoisotopic (exact) mass is 151 g/mol. The Morgan fingerprint density at radius 1 is 1.00 bits per heavy atom. The van der Waals surface area contributed by atoms with Gasteiger partial charge >= 0.3 is 0 Å². The fraction of sp³-hybridized carbons (Fsp3) is 1.00. The van der Waals surface area contributed by atoms with Gasteiger partial charge in [-0.3, -0.25) is 0 Å². The van der Waals surface area contributed by atoms with Crippen LogP contribution in [0.4, 0.5) is 0 Å². The van der Waals surface area contributed by atoms with E-state index < -0.39 is 7.14 Å². The summed E-state index contributed by atoms with van der Waals surface area (Å²) in [5.74, 6) is 0. The van der Waals surface area contributed by atoms with Crippen molar-refractivity contribution in [1.29, 1.82) is 0 Å². The summed E-state index contributed by atoms with van der Waals surface area (Å²) in [6.45, 7) is 5.23. The molecule has 0 aliphatic heterocycles. The standard InChI is InChI=1S/C3H9N.C3H9OP/c1-4(2)3;1-5(2,3)4/h1-3H3;1-3H3. The summed E-state index contributed by atoms with van der Waals surface area (Å²) in [5, 5.41) is 0. The molecule has 58 valence electrons. The van der Waals surface area contributed by atoms with Crippen molar-refractivity contribution in [3.05, 3.63) is 0 Å². The van der Waals surface area contributed by atoms with Crippen LogP contribution in [0.25, 0.3) is 0 Å². The van der Waals surface area contributed by atoms with Crippen molar-refractivity contribution in [1.82, 2.24) is 4.90 Å². The van der Waals surface area contributed by atoms with Crippen molar-refractivity contribution in [2.24, 2.45) is 0 Å². The van der Waals surface area contributed by atoms with Gasteiger partial charge < -0.3 is 9.46 Å². The highest BCUT2D eigenvalue weighted by Gasteiger charge is 1.89. The van der Waals surface area contributed by atoms with Gasteiger partial charge in [-0.15, -0.1) is 0 Å². The molecule has 0 unspecified atom stereocenters. The van der Waals surface area contributed by atoms with E-state index in [9.17, 15) is 4.57 Å². The second-order valence-electron chi connectivity index (χ2n) is 3.23. The van der Waals surface area contributed by atoms with Gasteiger partial charge in [-0.25, -0.2) is 0 Å². The summed E-state index contributed by atoms with van der Waals surface area (Å²) in [4.78, 5) is 2.00. The van der Waals surface area contributed by atoms with Gasteiger partial charge in [0.25, 0.3) is 0 Å². The molecule has 0 amide bonds. The van der Waals surface area contributed by atoms with Gasteiger partial charge in [-0.1, -0.05) is 0 Å². The molecule has 0 radical (unpaired) electrons. The quantitative estimate of drug-likeness (QED) is 0.488. The first-order chi connectivity index (χ1) is 3.73. The zero-order valence-electron chi connectivity index (χ0n) is 7.30. The Bertz CT molecular complexity index is 84.2. The first-order valence-electron chi connectivity index (χ1n) is 2.87. The van der Waals surface area contributed by atoms with Crippen molar-refractivity contribution < 1.29 is 4.57 Å². The highest BCUT2D eigenvalue weighted by Crippen LogP contribution is 2.28. The second-order valence-corrected chi connectivity index (χ2v) is 7.01. The molecule has 0 aromatic carbocycles. The van der Waals surface area contributed by atoms with Gasteiger partial charge in [-0.05, 0) is 41.1 Å². The molecule has 9 heavy (non-hydrogen) atoms. The van der Waals surface area contributed by atoms with Crippen molar-refractivity contribution in [3.8, 4) is 0 Å². The van der Waals surface area contributed by atoms with Crippen LogP contribution in [0, 0.1) is 0 Å². The van der Waals surface area contributed by atoms with Gasteiger partial charge in [0.1, 0.15) is 0 Å². The number of nitrogens with zero attached hydrogens (tertiary/aromatic N) is 1. The Morgan fingerprint density at radius 2 is 1.00 bits per heavy atom. The predicted octanol–water partition coefficient (Wildman–Crippen LogP) is 1.42. The molecule has 0 fully saturated rings. The van der Waals surface area contributed by atoms with E-state index in [1.165, 1.54) is 0 Å². The molecule has 0 aromatic heterocycles. The molecule has 3 heteroatoms. The summed E-state index contributed by atoms with van der Waals surface area (Å²) >= 11 is 0. The van der Waals surface area contributed by atoms with Crippen molar-refractivity contribution in [2.45, 2.75) is 0 Å². The number of hydrogen-bond donors (Lipinski definition) is 0. The van der Waals surface area contributed by atoms with Gasteiger partial charge in [0.05, 0.1) is 7.14 Å². The fourth-order valence-corrected chi connectivity index (χ4v) is 0. The maximum Gasteiger partial charge on any atom is 0.0790 e. The zero-order chi connectivity index (χ0) is 8.08. The van der Waals surface area contributed by atoms with E-state index in [2.05, 4.69) is 0 Å². The Morgan fingerprint density at radius 3 is 1.00 bits per heavy atom. The third kappa shape index (κ3) is 8690. The molecule has 0 atom stereocenters. The van der Waals surface area contributed by atoms with Crippen LogP contribution in [0.3, 0.4) is 0 Å². The topological polar surface area (TPSA) is 20.3 Å². The molecule has 0 saturated carbocycles. The molecule has 0 aromatic rings. The predicted molar refractivity (Wildman–Crippen MR) is 45.0 cm³/mol. The summed E-state index contributed by atoms with van der Waals surface area (Å²) in [6, 6.07) is 0. The first-order valence-corrected chi connectivity index (χ1v) is 5.91. The highest BCUT2D eigenvalue weighted by molar-refractivity contribution is 7.61. The van der Waals surface area contributed by atoms with E-state index in [1.54, 1.807) is 20.0 Å². The Labute approximate surface area is 58.6 Å². The maximum absolute atomic E-state index is 10.2. The van der Waals surface area contributed by atoms with Crippen molar-refractivity contribution >= 4 is 7.14 Å². The van der Waals surface area contributed by atoms with Crippen LogP contribution in [0.15, 0.2) is 0 Å². The van der Waals surface area contributed by atoms with E-state index in [4.69, 9.17) is 0 Å². The van der Waals surface area contributed by atoms with Crippen LogP contribution >= 0.6 is 7.14 Å². The van der Waals surface area contributed by atoms with Gasteiger partial charge in [0.2, 0.25) is 0 Å². The van der Waals surface area contributed by atoms with Gasteiger partial charge in [0, 0.05) is 0 Å². The van der Waals surface area contributed by atoms with Crippen LogP contribution in [0.5, 0.6) is 0 Å². The normalized spacial score (nSPS) is 10.6. The summed E-state index contributed by atoms with van der Waals surface area (Å²) in [6.07, 6.45) is 0. The first kappa shape index (κ1) is 11.9. The molecule has 0 N–H and O–H groups in total. The van der Waals surface area contributed by atoms with Crippen LogP contribution in [-0.2, 0) is 4.57 Å². The molecule has 2 nitrogen and oxygen atoms in total. The highest BCUT2D eigenvalue weighted by atomic mass is 31.2. The van der Waals surface area contributed by atoms with E-state index in [1.807, 2.05) is 26.0 Å². The molecule has 0 aliphatic rings. The van der Waals surface area contributed by atoms with Crippen LogP contribution in [0.1, 0.15) is 0 Å². The third-order valence-electron chi connectivity index (χ3n) is 0. The molecule has 0 aliphatic carbocycles. The molecular formula is C6H18NOP. The maximum atomic E-state index is 10.2. The second kappa shape index (κ2) is 5.01. The lowest BCUT2D eigenvalue weighted by Gasteiger charge is -1.90. The average molecular weight is 151 g/mol. The van der Waals surface area contributed by atoms with Crippen LogP contribution in [0.2, 0.25) is 0 Å². The lowest BCUT2D eigenvalue weighted by molar-refractivity contribution is 0.505. The third-order valence-corrected chi connectivity index (χ3v) is 0. The van der Waals surface area contributed by atoms with Gasteiger partial charge in [0.15, 0.2) is 0 Å². The van der Waals surface area contributed by atoms with E-state index >= 15 is 0 Å². The molecule has 0 rings (SSSR count). The van der Waals surface area contributed by atoms with E-state index in [-0.39, 0.29) is 0 Å². The average Bonchev–Trinajstić information content (AvgIpc) is 1.19. The van der Waals surface area contributed by atoms with E-state index in [0.717, 1.165) is 0 Å². The lowest BCUT2D eigenvalue weighted by Crippen LogP contribution is -1.99. The minimum absolute atomic E-state index is 1.64. The summed E-state index contributed by atoms with van der Waals surface area (Å²) in [5.41, 5.74) is 0. The molecule has 0 saturated heterocycles. The fourth-order valence-electron chi connectivity index (χ4n) is 0. The van der Waals surface area contributed by atoms with E-state index in [0.29, 0.717) is 0 Å². The lowest BCUT2D eigenvalue weighted by atomic mass is 11.0. The Hall–Kier alpha value is 0.190. The minimum atomic E-state index is -1.64. The summed E-state index contributed by atoms with van der Waals surface area (Å²) in [7, 11) is 4.36. The van der Waals surface area contributed by atoms with Crippen molar-refractivity contribution in [2.75, 3.05) is 41.1 Å². The largest absolute Gasteiger partial charge is 0.324 e. The number of hydrogen-bond acceptors (Lipinski definition) is 2. The van der Waals surface area contributed by atoms with Crippen molar-refractivity contribution in [3.63, 3.8) is 0 Å². The zero-order valence-corrected chi connectivity index (χ0v) is 8.20. The number of rotatable bonds is 0.